The number of thiazole rings is 1. The van der Waals surface area contributed by atoms with Gasteiger partial charge in [0.1, 0.15) is 0 Å². The number of nitrogens with one attached hydrogen (secondary N) is 2. The molecule has 0 atom stereocenters. The Balaban J connectivity index is 1.86. The van der Waals surface area contributed by atoms with E-state index in [9.17, 15) is 4.79 Å². The van der Waals surface area contributed by atoms with Gasteiger partial charge in [-0.05, 0) is 20.4 Å². The van der Waals surface area contributed by atoms with Crippen LogP contribution < -0.4 is 11.1 Å². The zero-order valence-electron chi connectivity index (χ0n) is 11.7. The predicted octanol–water partition coefficient (Wildman–Crippen LogP) is 0.843. The molecule has 1 amide bonds. The van der Waals surface area contributed by atoms with E-state index in [0.29, 0.717) is 19.5 Å². The smallest absolute Gasteiger partial charge is 0.226 e. The molecule has 2 rings (SSSR count). The number of nitrogens with zero attached hydrogens (tertiary/aromatic N) is 2. The summed E-state index contributed by atoms with van der Waals surface area (Å²) in [5.74, 6) is -0.0328. The largest absolute Gasteiger partial charge is 0.352 e. The van der Waals surface area contributed by atoms with Gasteiger partial charge >= 0.3 is 0 Å². The van der Waals surface area contributed by atoms with Crippen LogP contribution in [0.5, 0.6) is 0 Å². The molecule has 0 unspecified atom stereocenters. The van der Waals surface area contributed by atoms with Crippen molar-refractivity contribution in [2.24, 2.45) is 5.73 Å². The van der Waals surface area contributed by atoms with Crippen LogP contribution in [-0.4, -0.2) is 27.6 Å². The maximum absolute atomic E-state index is 11.9. The molecule has 0 radical (unpaired) electrons. The van der Waals surface area contributed by atoms with Gasteiger partial charge in [0.15, 0.2) is 0 Å². The molecule has 4 N–H and O–H groups in total. The Bertz CT molecular complexity index is 570. The van der Waals surface area contributed by atoms with Gasteiger partial charge in [0.05, 0.1) is 22.8 Å². The number of aromatic amines is 1. The van der Waals surface area contributed by atoms with Crippen molar-refractivity contribution in [3.05, 3.63) is 33.0 Å². The number of carbonyl (C=O) groups excluding carboxylic acids is 1. The Labute approximate surface area is 121 Å². The lowest BCUT2D eigenvalue weighted by molar-refractivity contribution is -0.120. The van der Waals surface area contributed by atoms with E-state index in [1.54, 1.807) is 11.3 Å². The SMILES string of the molecule is Cc1n[nH]c(C)c1CNC(=O)Cc1csc(CCN)n1. The van der Waals surface area contributed by atoms with Crippen molar-refractivity contribution in [1.82, 2.24) is 20.5 Å². The highest BCUT2D eigenvalue weighted by Gasteiger charge is 2.10. The second kappa shape index (κ2) is 6.62. The van der Waals surface area contributed by atoms with Crippen LogP contribution in [0.15, 0.2) is 5.38 Å². The lowest BCUT2D eigenvalue weighted by atomic mass is 10.2. The van der Waals surface area contributed by atoms with E-state index in [-0.39, 0.29) is 5.91 Å². The molecule has 0 aromatic carbocycles. The van der Waals surface area contributed by atoms with Gasteiger partial charge in [-0.25, -0.2) is 4.98 Å². The molecule has 0 aliphatic heterocycles. The monoisotopic (exact) mass is 293 g/mol. The standard InChI is InChI=1S/C13H19N5OS/c1-8-11(9(2)18-17-8)6-15-12(19)5-10-7-20-13(16-10)3-4-14/h7H,3-6,14H2,1-2H3,(H,15,19)(H,17,18). The highest BCUT2D eigenvalue weighted by molar-refractivity contribution is 7.09. The number of H-pyrrole nitrogens is 1. The highest BCUT2D eigenvalue weighted by atomic mass is 32.1. The minimum Gasteiger partial charge on any atom is -0.352 e. The van der Waals surface area contributed by atoms with Gasteiger partial charge in [0, 0.05) is 29.6 Å². The van der Waals surface area contributed by atoms with Gasteiger partial charge in [-0.2, -0.15) is 5.10 Å². The molecule has 2 aromatic rings. The molecule has 0 fully saturated rings. The fraction of sp³-hybridized carbons (Fsp3) is 0.462. The van der Waals surface area contributed by atoms with E-state index in [2.05, 4.69) is 20.5 Å². The lowest BCUT2D eigenvalue weighted by Gasteiger charge is -2.04. The first-order valence-corrected chi connectivity index (χ1v) is 7.38. The van der Waals surface area contributed by atoms with Crippen LogP contribution in [0.25, 0.3) is 0 Å². The molecule has 0 saturated carbocycles. The van der Waals surface area contributed by atoms with Crippen LogP contribution in [0.1, 0.15) is 27.7 Å². The lowest BCUT2D eigenvalue weighted by Crippen LogP contribution is -2.25. The first-order valence-electron chi connectivity index (χ1n) is 6.50. The van der Waals surface area contributed by atoms with Crippen LogP contribution in [0.4, 0.5) is 0 Å². The molecule has 0 spiro atoms. The Morgan fingerprint density at radius 2 is 2.30 bits per heavy atom. The number of aromatic nitrogens is 3. The van der Waals surface area contributed by atoms with Crippen LogP contribution in [0.2, 0.25) is 0 Å². The Morgan fingerprint density at radius 1 is 1.50 bits per heavy atom. The first-order chi connectivity index (χ1) is 9.60. The summed E-state index contributed by atoms with van der Waals surface area (Å²) in [5.41, 5.74) is 9.23. The van der Waals surface area contributed by atoms with Crippen LogP contribution in [0.3, 0.4) is 0 Å². The van der Waals surface area contributed by atoms with Crippen LogP contribution in [-0.2, 0) is 24.2 Å². The van der Waals surface area contributed by atoms with Crippen molar-refractivity contribution in [3.63, 3.8) is 0 Å². The van der Waals surface area contributed by atoms with Gasteiger partial charge in [-0.15, -0.1) is 11.3 Å². The summed E-state index contributed by atoms with van der Waals surface area (Å²) in [6.45, 7) is 4.94. The van der Waals surface area contributed by atoms with Gasteiger partial charge in [-0.1, -0.05) is 0 Å². The quantitative estimate of drug-likeness (QED) is 0.735. The number of aryl methyl sites for hydroxylation is 2. The average Bonchev–Trinajstić information content (AvgIpc) is 2.96. The molecule has 6 nitrogen and oxygen atoms in total. The average molecular weight is 293 g/mol. The van der Waals surface area contributed by atoms with Crippen molar-refractivity contribution < 1.29 is 4.79 Å². The fourth-order valence-corrected chi connectivity index (χ4v) is 2.73. The molecule has 0 aliphatic carbocycles. The number of nitrogens with two attached hydrogens (primary N) is 1. The van der Waals surface area contributed by atoms with Gasteiger partial charge in [0.2, 0.25) is 5.91 Å². The molecular formula is C13H19N5OS. The minimum atomic E-state index is -0.0328. The first kappa shape index (κ1) is 14.7. The second-order valence-corrected chi connectivity index (χ2v) is 5.58. The fourth-order valence-electron chi connectivity index (χ4n) is 1.92. The molecule has 108 valence electrons. The second-order valence-electron chi connectivity index (χ2n) is 4.64. The topological polar surface area (TPSA) is 96.7 Å². The minimum absolute atomic E-state index is 0.0328. The molecule has 0 aliphatic rings. The van der Waals surface area contributed by atoms with E-state index in [4.69, 9.17) is 5.73 Å². The summed E-state index contributed by atoms with van der Waals surface area (Å²) in [6, 6.07) is 0. The van der Waals surface area contributed by atoms with Crippen molar-refractivity contribution in [1.29, 1.82) is 0 Å². The molecule has 2 heterocycles. The number of hydrogen-bond acceptors (Lipinski definition) is 5. The van der Waals surface area contributed by atoms with Gasteiger partial charge < -0.3 is 11.1 Å². The molecule has 7 heteroatoms. The zero-order chi connectivity index (χ0) is 14.5. The predicted molar refractivity (Wildman–Crippen MR) is 78.5 cm³/mol. The number of carbonyl (C=O) groups is 1. The van der Waals surface area contributed by atoms with E-state index in [1.807, 2.05) is 19.2 Å². The van der Waals surface area contributed by atoms with E-state index in [1.165, 1.54) is 0 Å². The third-order valence-corrected chi connectivity index (χ3v) is 4.00. The Kier molecular flexibility index (Phi) is 4.86. The van der Waals surface area contributed by atoms with Gasteiger partial charge in [0.25, 0.3) is 0 Å². The molecule has 2 aromatic heterocycles. The number of hydrogen-bond donors (Lipinski definition) is 3. The molecule has 0 bridgehead atoms. The van der Waals surface area contributed by atoms with E-state index in [0.717, 1.165) is 34.1 Å². The maximum Gasteiger partial charge on any atom is 0.226 e. The normalized spacial score (nSPS) is 10.8. The van der Waals surface area contributed by atoms with Crippen molar-refractivity contribution in [3.8, 4) is 0 Å². The van der Waals surface area contributed by atoms with Crippen LogP contribution >= 0.6 is 11.3 Å². The van der Waals surface area contributed by atoms with E-state index < -0.39 is 0 Å². The third-order valence-electron chi connectivity index (χ3n) is 3.04. The maximum atomic E-state index is 11.9. The summed E-state index contributed by atoms with van der Waals surface area (Å²) in [7, 11) is 0. The van der Waals surface area contributed by atoms with E-state index >= 15 is 0 Å². The zero-order valence-corrected chi connectivity index (χ0v) is 12.5. The highest BCUT2D eigenvalue weighted by Crippen LogP contribution is 2.11. The van der Waals surface area contributed by atoms with Crippen molar-refractivity contribution in [2.45, 2.75) is 33.2 Å². The van der Waals surface area contributed by atoms with Crippen molar-refractivity contribution >= 4 is 17.2 Å². The number of amides is 1. The summed E-state index contributed by atoms with van der Waals surface area (Å²) in [5, 5.41) is 12.8. The van der Waals surface area contributed by atoms with Crippen molar-refractivity contribution in [2.75, 3.05) is 6.54 Å². The van der Waals surface area contributed by atoms with Gasteiger partial charge in [-0.3, -0.25) is 9.89 Å². The Morgan fingerprint density at radius 3 is 2.95 bits per heavy atom. The third kappa shape index (κ3) is 3.64. The Hall–Kier alpha value is -1.73. The molecule has 20 heavy (non-hydrogen) atoms. The van der Waals surface area contributed by atoms with Crippen LogP contribution in [0, 0.1) is 13.8 Å². The summed E-state index contributed by atoms with van der Waals surface area (Å²) >= 11 is 1.55. The molecular weight excluding hydrogens is 274 g/mol. The molecule has 0 saturated heterocycles. The summed E-state index contributed by atoms with van der Waals surface area (Å²) in [6.07, 6.45) is 1.07. The summed E-state index contributed by atoms with van der Waals surface area (Å²) < 4.78 is 0. The number of rotatable bonds is 6. The summed E-state index contributed by atoms with van der Waals surface area (Å²) in [4.78, 5) is 16.3.